The van der Waals surface area contributed by atoms with Crippen LogP contribution in [0, 0.1) is 0 Å². The first-order chi connectivity index (χ1) is 12.6. The number of ether oxygens (including phenoxy) is 2. The van der Waals surface area contributed by atoms with Gasteiger partial charge in [-0.15, -0.1) is 0 Å². The van der Waals surface area contributed by atoms with E-state index in [2.05, 4.69) is 12.2 Å². The summed E-state index contributed by atoms with van der Waals surface area (Å²) in [6, 6.07) is 3.38. The topological polar surface area (TPSA) is 67.8 Å². The van der Waals surface area contributed by atoms with E-state index in [0.29, 0.717) is 24.3 Å². The van der Waals surface area contributed by atoms with Crippen LogP contribution in [0.25, 0.3) is 0 Å². The number of carbonyl (C=O) groups is 1. The van der Waals surface area contributed by atoms with Crippen molar-refractivity contribution in [2.45, 2.75) is 76.9 Å². The monoisotopic (exact) mass is 363 g/mol. The van der Waals surface area contributed by atoms with Crippen LogP contribution in [0.5, 0.6) is 11.5 Å². The number of carbonyl (C=O) groups excluding carboxylic acids is 1. The van der Waals surface area contributed by atoms with Gasteiger partial charge in [0.2, 0.25) is 5.91 Å². The Morgan fingerprint density at radius 3 is 2.35 bits per heavy atom. The lowest BCUT2D eigenvalue weighted by Gasteiger charge is -2.19. The molecule has 146 valence electrons. The van der Waals surface area contributed by atoms with Crippen molar-refractivity contribution in [3.05, 3.63) is 23.3 Å². The number of unbranched alkanes of at least 4 members (excludes halogenated alkanes) is 6. The Labute approximate surface area is 157 Å². The van der Waals surface area contributed by atoms with E-state index in [9.17, 15) is 9.90 Å². The van der Waals surface area contributed by atoms with Crippen LogP contribution in [0.4, 0.5) is 0 Å². The Hall–Kier alpha value is -1.75. The molecule has 5 heteroatoms. The molecule has 0 saturated carbocycles. The maximum atomic E-state index is 12.3. The third-order valence-electron chi connectivity index (χ3n) is 5.12. The highest BCUT2D eigenvalue weighted by Crippen LogP contribution is 2.39. The fourth-order valence-electron chi connectivity index (χ4n) is 3.62. The van der Waals surface area contributed by atoms with E-state index >= 15 is 0 Å². The summed E-state index contributed by atoms with van der Waals surface area (Å²) < 4.78 is 10.7. The highest BCUT2D eigenvalue weighted by molar-refractivity contribution is 5.76. The number of aliphatic hydroxyl groups excluding tert-OH is 1. The molecule has 5 nitrogen and oxygen atoms in total. The first-order valence-electron chi connectivity index (χ1n) is 9.82. The Morgan fingerprint density at radius 1 is 1.08 bits per heavy atom. The van der Waals surface area contributed by atoms with Crippen LogP contribution in [0.2, 0.25) is 0 Å². The second-order valence-electron chi connectivity index (χ2n) is 7.09. The van der Waals surface area contributed by atoms with Crippen LogP contribution in [0.1, 0.15) is 75.5 Å². The number of methoxy groups -OCH3 is 2. The highest BCUT2D eigenvalue weighted by atomic mass is 16.5. The van der Waals surface area contributed by atoms with E-state index in [4.69, 9.17) is 9.47 Å². The van der Waals surface area contributed by atoms with Gasteiger partial charge in [0, 0.05) is 12.8 Å². The van der Waals surface area contributed by atoms with Crippen LogP contribution in [-0.4, -0.2) is 31.3 Å². The zero-order valence-electron chi connectivity index (χ0n) is 16.3. The Kier molecular flexibility index (Phi) is 8.23. The first-order valence-corrected chi connectivity index (χ1v) is 9.82. The largest absolute Gasteiger partial charge is 0.493 e. The molecular weight excluding hydrogens is 330 g/mol. The molecule has 0 bridgehead atoms. The van der Waals surface area contributed by atoms with Gasteiger partial charge in [0.15, 0.2) is 11.5 Å². The van der Waals surface area contributed by atoms with Crippen LogP contribution in [0.3, 0.4) is 0 Å². The van der Waals surface area contributed by atoms with Crippen molar-refractivity contribution in [2.24, 2.45) is 0 Å². The third-order valence-corrected chi connectivity index (χ3v) is 5.12. The van der Waals surface area contributed by atoms with Gasteiger partial charge in [0.05, 0.1) is 26.4 Å². The summed E-state index contributed by atoms with van der Waals surface area (Å²) in [6.07, 6.45) is 8.70. The van der Waals surface area contributed by atoms with Gasteiger partial charge in [-0.1, -0.05) is 45.4 Å². The van der Waals surface area contributed by atoms with Crippen LogP contribution in [-0.2, 0) is 11.2 Å². The molecule has 2 rings (SSSR count). The van der Waals surface area contributed by atoms with Crippen molar-refractivity contribution in [2.75, 3.05) is 14.2 Å². The summed E-state index contributed by atoms with van der Waals surface area (Å²) in [5, 5.41) is 13.4. The van der Waals surface area contributed by atoms with Gasteiger partial charge < -0.3 is 19.9 Å². The van der Waals surface area contributed by atoms with Gasteiger partial charge in [-0.2, -0.15) is 0 Å². The predicted octanol–water partition coefficient (Wildman–Crippen LogP) is 3.92. The Bertz CT molecular complexity index is 588. The number of fused-ring (bicyclic) bond motifs is 1. The van der Waals surface area contributed by atoms with Gasteiger partial charge in [0.25, 0.3) is 0 Å². The Balaban J connectivity index is 1.85. The molecular formula is C21H33NO4. The standard InChI is InChI=1S/C21H33NO4/c1-4-5-6-7-8-9-10-11-20(24)22-21-16-14-19(26-3)18(25-2)13-15(16)12-17(21)23/h13-14,17,21,23H,4-12H2,1-3H3,(H,22,24)/t17-,21-/m1/s1. The van der Waals surface area contributed by atoms with E-state index in [1.165, 1.54) is 32.1 Å². The molecule has 2 atom stereocenters. The summed E-state index contributed by atoms with van der Waals surface area (Å²) in [5.74, 6) is 1.27. The molecule has 0 saturated heterocycles. The molecule has 0 aliphatic heterocycles. The summed E-state index contributed by atoms with van der Waals surface area (Å²) in [6.45, 7) is 2.21. The average molecular weight is 363 g/mol. The summed E-state index contributed by atoms with van der Waals surface area (Å²) in [5.41, 5.74) is 1.92. The van der Waals surface area contributed by atoms with Crippen molar-refractivity contribution < 1.29 is 19.4 Å². The van der Waals surface area contributed by atoms with Crippen LogP contribution >= 0.6 is 0 Å². The summed E-state index contributed by atoms with van der Waals surface area (Å²) in [7, 11) is 3.18. The average Bonchev–Trinajstić information content (AvgIpc) is 2.94. The van der Waals surface area contributed by atoms with E-state index in [1.807, 2.05) is 12.1 Å². The van der Waals surface area contributed by atoms with E-state index < -0.39 is 6.10 Å². The highest BCUT2D eigenvalue weighted by Gasteiger charge is 2.33. The lowest BCUT2D eigenvalue weighted by Crippen LogP contribution is -2.33. The molecule has 1 aromatic carbocycles. The lowest BCUT2D eigenvalue weighted by atomic mass is 10.1. The van der Waals surface area contributed by atoms with Crippen molar-refractivity contribution in [3.8, 4) is 11.5 Å². The van der Waals surface area contributed by atoms with Gasteiger partial charge in [0.1, 0.15) is 0 Å². The number of benzene rings is 1. The number of amides is 1. The SMILES string of the molecule is CCCCCCCCCC(=O)N[C@@H]1c2cc(OC)c(OC)cc2C[C@H]1O. The van der Waals surface area contributed by atoms with Crippen molar-refractivity contribution in [1.29, 1.82) is 0 Å². The van der Waals surface area contributed by atoms with Crippen molar-refractivity contribution >= 4 is 5.91 Å². The molecule has 26 heavy (non-hydrogen) atoms. The van der Waals surface area contributed by atoms with Gasteiger partial charge in [-0.3, -0.25) is 4.79 Å². The lowest BCUT2D eigenvalue weighted by molar-refractivity contribution is -0.122. The maximum absolute atomic E-state index is 12.3. The summed E-state index contributed by atoms with van der Waals surface area (Å²) in [4.78, 5) is 12.3. The molecule has 1 amide bonds. The van der Waals surface area contributed by atoms with Gasteiger partial charge in [-0.25, -0.2) is 0 Å². The van der Waals surface area contributed by atoms with Gasteiger partial charge >= 0.3 is 0 Å². The zero-order chi connectivity index (χ0) is 18.9. The second-order valence-corrected chi connectivity index (χ2v) is 7.09. The normalized spacial score (nSPS) is 18.5. The molecule has 0 fully saturated rings. The quantitative estimate of drug-likeness (QED) is 0.585. The number of hydrogen-bond donors (Lipinski definition) is 2. The third kappa shape index (κ3) is 5.37. The molecule has 0 unspecified atom stereocenters. The molecule has 0 heterocycles. The van der Waals surface area contributed by atoms with E-state index in [1.54, 1.807) is 14.2 Å². The minimum absolute atomic E-state index is 0.00485. The minimum atomic E-state index is -0.611. The van der Waals surface area contributed by atoms with Crippen molar-refractivity contribution in [3.63, 3.8) is 0 Å². The molecule has 1 aromatic rings. The van der Waals surface area contributed by atoms with E-state index in [0.717, 1.165) is 24.0 Å². The number of nitrogens with one attached hydrogen (secondary N) is 1. The first kappa shape index (κ1) is 20.6. The van der Waals surface area contributed by atoms with Crippen LogP contribution in [0.15, 0.2) is 12.1 Å². The number of aliphatic hydroxyl groups is 1. The minimum Gasteiger partial charge on any atom is -0.493 e. The van der Waals surface area contributed by atoms with Crippen molar-refractivity contribution in [1.82, 2.24) is 5.32 Å². The predicted molar refractivity (Wildman–Crippen MR) is 103 cm³/mol. The molecule has 1 aliphatic carbocycles. The second kappa shape index (κ2) is 10.4. The fraction of sp³-hybridized carbons (Fsp3) is 0.667. The smallest absolute Gasteiger partial charge is 0.220 e. The number of hydrogen-bond acceptors (Lipinski definition) is 4. The van der Waals surface area contributed by atoms with Gasteiger partial charge in [-0.05, 0) is 29.7 Å². The molecule has 2 N–H and O–H groups in total. The van der Waals surface area contributed by atoms with E-state index in [-0.39, 0.29) is 11.9 Å². The molecule has 0 aromatic heterocycles. The summed E-state index contributed by atoms with van der Waals surface area (Å²) >= 11 is 0. The maximum Gasteiger partial charge on any atom is 0.220 e. The zero-order valence-corrected chi connectivity index (χ0v) is 16.3. The molecule has 1 aliphatic rings. The fourth-order valence-corrected chi connectivity index (χ4v) is 3.62. The molecule has 0 radical (unpaired) electrons. The Morgan fingerprint density at radius 2 is 1.69 bits per heavy atom. The molecule has 0 spiro atoms. The number of rotatable bonds is 11. The van der Waals surface area contributed by atoms with Crippen LogP contribution < -0.4 is 14.8 Å².